The number of nitrogens with zero attached hydrogens (tertiary/aromatic N) is 1. The molecule has 94 valence electrons. The van der Waals surface area contributed by atoms with Crippen LogP contribution in [0.15, 0.2) is 30.3 Å². The van der Waals surface area contributed by atoms with E-state index in [9.17, 15) is 8.78 Å². The Morgan fingerprint density at radius 2 is 1.94 bits per heavy atom. The SMILES string of the molecule is Cc1nc(Oc2ccc(F)c(F)c2)ccc1CCl. The molecule has 0 aliphatic carbocycles. The molecule has 18 heavy (non-hydrogen) atoms. The normalized spacial score (nSPS) is 10.4. The highest BCUT2D eigenvalue weighted by Crippen LogP contribution is 2.23. The van der Waals surface area contributed by atoms with E-state index in [-0.39, 0.29) is 5.75 Å². The number of benzene rings is 1. The summed E-state index contributed by atoms with van der Waals surface area (Å²) in [6.45, 7) is 1.80. The Morgan fingerprint density at radius 1 is 1.17 bits per heavy atom. The van der Waals surface area contributed by atoms with Crippen molar-refractivity contribution in [2.45, 2.75) is 12.8 Å². The summed E-state index contributed by atoms with van der Waals surface area (Å²) < 4.78 is 31.1. The van der Waals surface area contributed by atoms with Crippen molar-refractivity contribution in [1.82, 2.24) is 4.98 Å². The van der Waals surface area contributed by atoms with Gasteiger partial charge in [-0.25, -0.2) is 13.8 Å². The van der Waals surface area contributed by atoms with Crippen LogP contribution in [0.3, 0.4) is 0 Å². The van der Waals surface area contributed by atoms with Crippen molar-refractivity contribution >= 4 is 11.6 Å². The van der Waals surface area contributed by atoms with Gasteiger partial charge in [0.25, 0.3) is 0 Å². The first-order valence-electron chi connectivity index (χ1n) is 5.25. The van der Waals surface area contributed by atoms with Gasteiger partial charge in [-0.2, -0.15) is 0 Å². The van der Waals surface area contributed by atoms with Gasteiger partial charge in [0.15, 0.2) is 11.6 Å². The standard InChI is InChI=1S/C13H10ClF2NO/c1-8-9(7-14)2-5-13(17-8)18-10-3-4-11(15)12(16)6-10/h2-6H,7H2,1H3. The number of pyridine rings is 1. The molecule has 0 unspecified atom stereocenters. The van der Waals surface area contributed by atoms with Gasteiger partial charge in [-0.15, -0.1) is 11.6 Å². The molecule has 0 N–H and O–H groups in total. The summed E-state index contributed by atoms with van der Waals surface area (Å²) in [6.07, 6.45) is 0. The molecular weight excluding hydrogens is 260 g/mol. The van der Waals surface area contributed by atoms with E-state index in [0.29, 0.717) is 11.8 Å². The number of alkyl halides is 1. The summed E-state index contributed by atoms with van der Waals surface area (Å²) in [5, 5.41) is 0. The second-order valence-corrected chi connectivity index (χ2v) is 3.97. The van der Waals surface area contributed by atoms with Crippen LogP contribution in [0.4, 0.5) is 8.78 Å². The minimum absolute atomic E-state index is 0.194. The Balaban J connectivity index is 2.23. The second-order valence-electron chi connectivity index (χ2n) is 3.71. The van der Waals surface area contributed by atoms with Gasteiger partial charge in [0, 0.05) is 23.7 Å². The lowest BCUT2D eigenvalue weighted by molar-refractivity contribution is 0.446. The van der Waals surface area contributed by atoms with Crippen LogP contribution in [-0.4, -0.2) is 4.98 Å². The van der Waals surface area contributed by atoms with Crippen molar-refractivity contribution < 1.29 is 13.5 Å². The molecule has 2 aromatic rings. The molecule has 2 nitrogen and oxygen atoms in total. The van der Waals surface area contributed by atoms with Gasteiger partial charge < -0.3 is 4.74 Å². The summed E-state index contributed by atoms with van der Waals surface area (Å²) in [4.78, 5) is 4.17. The Bertz CT molecular complexity index is 575. The lowest BCUT2D eigenvalue weighted by Gasteiger charge is -2.07. The maximum absolute atomic E-state index is 13.0. The molecule has 5 heteroatoms. The van der Waals surface area contributed by atoms with Gasteiger partial charge in [0.05, 0.1) is 0 Å². The first-order chi connectivity index (χ1) is 8.60. The quantitative estimate of drug-likeness (QED) is 0.779. The Kier molecular flexibility index (Phi) is 3.77. The minimum atomic E-state index is -0.957. The Hall–Kier alpha value is -1.68. The van der Waals surface area contributed by atoms with Gasteiger partial charge in [0.1, 0.15) is 5.75 Å². The first-order valence-corrected chi connectivity index (χ1v) is 5.79. The molecule has 0 amide bonds. The van der Waals surface area contributed by atoms with Crippen molar-refractivity contribution in [3.8, 4) is 11.6 Å². The maximum Gasteiger partial charge on any atom is 0.219 e. The fraction of sp³-hybridized carbons (Fsp3) is 0.154. The molecule has 0 saturated carbocycles. The zero-order valence-electron chi connectivity index (χ0n) is 9.58. The van der Waals surface area contributed by atoms with Crippen LogP contribution in [0.1, 0.15) is 11.3 Å². The first kappa shape index (κ1) is 12.8. The predicted octanol–water partition coefficient (Wildman–Crippen LogP) is 4.20. The fourth-order valence-electron chi connectivity index (χ4n) is 1.43. The van der Waals surface area contributed by atoms with Gasteiger partial charge in [-0.1, -0.05) is 6.07 Å². The van der Waals surface area contributed by atoms with Crippen molar-refractivity contribution in [2.75, 3.05) is 0 Å². The van der Waals surface area contributed by atoms with Crippen LogP contribution < -0.4 is 4.74 Å². The van der Waals surface area contributed by atoms with E-state index in [1.54, 1.807) is 19.1 Å². The molecule has 1 aromatic carbocycles. The molecular formula is C13H10ClF2NO. The van der Waals surface area contributed by atoms with E-state index in [1.165, 1.54) is 6.07 Å². The fourth-order valence-corrected chi connectivity index (χ4v) is 1.71. The minimum Gasteiger partial charge on any atom is -0.439 e. The third-order valence-electron chi connectivity index (χ3n) is 2.43. The van der Waals surface area contributed by atoms with E-state index in [0.717, 1.165) is 23.4 Å². The summed E-state index contributed by atoms with van der Waals surface area (Å²) in [7, 11) is 0. The van der Waals surface area contributed by atoms with E-state index in [2.05, 4.69) is 4.98 Å². The zero-order valence-corrected chi connectivity index (χ0v) is 10.3. The smallest absolute Gasteiger partial charge is 0.219 e. The number of ether oxygens (including phenoxy) is 1. The summed E-state index contributed by atoms with van der Waals surface area (Å²) in [5.74, 6) is -0.998. The van der Waals surface area contributed by atoms with E-state index < -0.39 is 11.6 Å². The molecule has 1 aromatic heterocycles. The molecule has 0 radical (unpaired) electrons. The van der Waals surface area contributed by atoms with Crippen LogP contribution in [0.2, 0.25) is 0 Å². The molecule has 0 aliphatic rings. The molecule has 0 bridgehead atoms. The molecule has 2 rings (SSSR count). The largest absolute Gasteiger partial charge is 0.439 e. The maximum atomic E-state index is 13.0. The zero-order chi connectivity index (χ0) is 13.1. The highest BCUT2D eigenvalue weighted by atomic mass is 35.5. The van der Waals surface area contributed by atoms with Crippen LogP contribution in [0.25, 0.3) is 0 Å². The van der Waals surface area contributed by atoms with Gasteiger partial charge in [0.2, 0.25) is 5.88 Å². The second kappa shape index (κ2) is 5.31. The molecule has 0 saturated heterocycles. The number of aryl methyl sites for hydroxylation is 1. The average Bonchev–Trinajstić information content (AvgIpc) is 2.34. The average molecular weight is 270 g/mol. The van der Waals surface area contributed by atoms with Crippen LogP contribution in [0.5, 0.6) is 11.6 Å². The molecule has 1 heterocycles. The number of rotatable bonds is 3. The van der Waals surface area contributed by atoms with Crippen molar-refractivity contribution in [1.29, 1.82) is 0 Å². The van der Waals surface area contributed by atoms with Crippen molar-refractivity contribution in [3.05, 3.63) is 53.2 Å². The summed E-state index contributed by atoms with van der Waals surface area (Å²) >= 11 is 5.71. The molecule has 0 spiro atoms. The van der Waals surface area contributed by atoms with Gasteiger partial charge in [-0.3, -0.25) is 0 Å². The third-order valence-corrected chi connectivity index (χ3v) is 2.72. The third kappa shape index (κ3) is 2.76. The van der Waals surface area contributed by atoms with Gasteiger partial charge >= 0.3 is 0 Å². The summed E-state index contributed by atoms with van der Waals surface area (Å²) in [6, 6.07) is 6.73. The monoisotopic (exact) mass is 269 g/mol. The number of hydrogen-bond acceptors (Lipinski definition) is 2. The number of hydrogen-bond donors (Lipinski definition) is 0. The highest BCUT2D eigenvalue weighted by molar-refractivity contribution is 6.17. The van der Waals surface area contributed by atoms with E-state index in [1.807, 2.05) is 0 Å². The number of aromatic nitrogens is 1. The van der Waals surface area contributed by atoms with Crippen molar-refractivity contribution in [2.24, 2.45) is 0 Å². The highest BCUT2D eigenvalue weighted by Gasteiger charge is 2.06. The van der Waals surface area contributed by atoms with Crippen molar-refractivity contribution in [3.63, 3.8) is 0 Å². The summed E-state index contributed by atoms with van der Waals surface area (Å²) in [5.41, 5.74) is 1.64. The molecule has 0 atom stereocenters. The van der Waals surface area contributed by atoms with Crippen LogP contribution >= 0.6 is 11.6 Å². The molecule has 0 aliphatic heterocycles. The lowest BCUT2D eigenvalue weighted by Crippen LogP contribution is -1.94. The number of halogens is 3. The predicted molar refractivity (Wildman–Crippen MR) is 65.0 cm³/mol. The van der Waals surface area contributed by atoms with Crippen LogP contribution in [-0.2, 0) is 5.88 Å². The Labute approximate surface area is 108 Å². The Morgan fingerprint density at radius 3 is 2.56 bits per heavy atom. The lowest BCUT2D eigenvalue weighted by atomic mass is 10.2. The van der Waals surface area contributed by atoms with Gasteiger partial charge in [-0.05, 0) is 24.6 Å². The van der Waals surface area contributed by atoms with E-state index in [4.69, 9.17) is 16.3 Å². The molecule has 0 fully saturated rings. The van der Waals surface area contributed by atoms with Crippen LogP contribution in [0, 0.1) is 18.6 Å². The topological polar surface area (TPSA) is 22.1 Å². The van der Waals surface area contributed by atoms with E-state index >= 15 is 0 Å².